The van der Waals surface area contributed by atoms with Crippen LogP contribution in [-0.2, 0) is 0 Å². The van der Waals surface area contributed by atoms with Gasteiger partial charge < -0.3 is 20.1 Å². The first-order valence-electron chi connectivity index (χ1n) is 7.75. The fourth-order valence-electron chi connectivity index (χ4n) is 2.58. The van der Waals surface area contributed by atoms with Crippen molar-refractivity contribution in [1.29, 1.82) is 0 Å². The molecular formula is C14H25N5O2. The Bertz CT molecular complexity index is 417. The maximum atomic E-state index is 9.11. The Morgan fingerprint density at radius 3 is 2.90 bits per heavy atom. The molecule has 1 unspecified atom stereocenters. The summed E-state index contributed by atoms with van der Waals surface area (Å²) in [5, 5.41) is 12.2. The van der Waals surface area contributed by atoms with Crippen LogP contribution >= 0.6 is 0 Å². The van der Waals surface area contributed by atoms with E-state index < -0.39 is 0 Å². The number of hydrogen-bond acceptors (Lipinski definition) is 7. The molecule has 21 heavy (non-hydrogen) atoms. The summed E-state index contributed by atoms with van der Waals surface area (Å²) in [5.74, 6) is 1.71. The molecule has 1 saturated heterocycles. The van der Waals surface area contributed by atoms with Crippen molar-refractivity contribution in [2.45, 2.75) is 33.1 Å². The van der Waals surface area contributed by atoms with Crippen molar-refractivity contribution in [2.75, 3.05) is 43.1 Å². The first-order chi connectivity index (χ1) is 10.3. The first-order valence-corrected chi connectivity index (χ1v) is 7.75. The fourth-order valence-corrected chi connectivity index (χ4v) is 2.58. The fraction of sp³-hybridized carbons (Fsp3) is 0.786. The summed E-state index contributed by atoms with van der Waals surface area (Å²) in [7, 11) is 0. The molecule has 1 aliphatic heterocycles. The molecule has 0 radical (unpaired) electrons. The Balaban J connectivity index is 2.16. The quantitative estimate of drug-likeness (QED) is 0.784. The molecule has 1 fully saturated rings. The largest absolute Gasteiger partial charge is 0.464 e. The van der Waals surface area contributed by atoms with Gasteiger partial charge in [0.2, 0.25) is 11.9 Å². The smallest absolute Gasteiger partial charge is 0.323 e. The van der Waals surface area contributed by atoms with Crippen molar-refractivity contribution >= 4 is 11.9 Å². The van der Waals surface area contributed by atoms with Gasteiger partial charge in [0.1, 0.15) is 0 Å². The second kappa shape index (κ2) is 7.97. The number of nitrogens with one attached hydrogen (secondary N) is 1. The van der Waals surface area contributed by atoms with Gasteiger partial charge in [-0.05, 0) is 39.0 Å². The summed E-state index contributed by atoms with van der Waals surface area (Å²) in [6.45, 7) is 7.24. The number of ether oxygens (including phenoxy) is 1. The lowest BCUT2D eigenvalue weighted by molar-refractivity contribution is 0.243. The number of aliphatic hydroxyl groups is 1. The molecule has 1 aromatic heterocycles. The minimum absolute atomic E-state index is 0.239. The van der Waals surface area contributed by atoms with Gasteiger partial charge in [0, 0.05) is 26.2 Å². The number of aromatic nitrogens is 3. The standard InChI is InChI=1S/C14H25N5O2/c1-3-15-12-16-13(18-14(17-12)21-4-2)19-8-5-6-11(10-19)7-9-20/h11,20H,3-10H2,1-2H3,(H,15,16,17,18). The molecule has 0 bridgehead atoms. The summed E-state index contributed by atoms with van der Waals surface area (Å²) in [5.41, 5.74) is 0. The highest BCUT2D eigenvalue weighted by molar-refractivity contribution is 5.38. The van der Waals surface area contributed by atoms with Gasteiger partial charge in [0.15, 0.2) is 0 Å². The zero-order valence-corrected chi connectivity index (χ0v) is 12.9. The van der Waals surface area contributed by atoms with Crippen LogP contribution in [0.25, 0.3) is 0 Å². The van der Waals surface area contributed by atoms with Gasteiger partial charge >= 0.3 is 6.01 Å². The van der Waals surface area contributed by atoms with Gasteiger partial charge in [-0.15, -0.1) is 0 Å². The molecule has 0 amide bonds. The van der Waals surface area contributed by atoms with E-state index in [0.29, 0.717) is 30.4 Å². The molecule has 0 aliphatic carbocycles. The van der Waals surface area contributed by atoms with Crippen molar-refractivity contribution in [2.24, 2.45) is 5.92 Å². The second-order valence-electron chi connectivity index (χ2n) is 5.17. The molecule has 118 valence electrons. The Morgan fingerprint density at radius 2 is 2.19 bits per heavy atom. The van der Waals surface area contributed by atoms with Crippen LogP contribution in [0, 0.1) is 5.92 Å². The van der Waals surface area contributed by atoms with Crippen molar-refractivity contribution < 1.29 is 9.84 Å². The van der Waals surface area contributed by atoms with Crippen LogP contribution in [0.2, 0.25) is 0 Å². The molecule has 2 rings (SSSR count). The van der Waals surface area contributed by atoms with E-state index in [1.54, 1.807) is 0 Å². The Labute approximate surface area is 125 Å². The Kier molecular flexibility index (Phi) is 5.98. The lowest BCUT2D eigenvalue weighted by Gasteiger charge is -2.32. The Morgan fingerprint density at radius 1 is 1.33 bits per heavy atom. The maximum Gasteiger partial charge on any atom is 0.323 e. The van der Waals surface area contributed by atoms with Crippen LogP contribution in [0.5, 0.6) is 6.01 Å². The van der Waals surface area contributed by atoms with Gasteiger partial charge in [-0.3, -0.25) is 0 Å². The molecule has 1 aromatic rings. The van der Waals surface area contributed by atoms with Crippen LogP contribution in [-0.4, -0.2) is 52.9 Å². The molecule has 0 spiro atoms. The van der Waals surface area contributed by atoms with Crippen molar-refractivity contribution in [3.63, 3.8) is 0 Å². The highest BCUT2D eigenvalue weighted by Gasteiger charge is 2.22. The molecule has 2 N–H and O–H groups in total. The SMILES string of the molecule is CCNc1nc(OCC)nc(N2CCCC(CCO)C2)n1. The average Bonchev–Trinajstić information content (AvgIpc) is 2.48. The summed E-state index contributed by atoms with van der Waals surface area (Å²) in [4.78, 5) is 15.3. The van der Waals surface area contributed by atoms with E-state index >= 15 is 0 Å². The van der Waals surface area contributed by atoms with Crippen LogP contribution in [0.15, 0.2) is 0 Å². The summed E-state index contributed by atoms with van der Waals surface area (Å²) >= 11 is 0. The minimum atomic E-state index is 0.239. The van der Waals surface area contributed by atoms with Crippen molar-refractivity contribution in [3.05, 3.63) is 0 Å². The van der Waals surface area contributed by atoms with E-state index in [-0.39, 0.29) is 6.61 Å². The average molecular weight is 295 g/mol. The summed E-state index contributed by atoms with van der Waals surface area (Å²) < 4.78 is 5.43. The predicted molar refractivity (Wildman–Crippen MR) is 81.8 cm³/mol. The van der Waals surface area contributed by atoms with E-state index in [9.17, 15) is 0 Å². The van der Waals surface area contributed by atoms with E-state index in [1.165, 1.54) is 0 Å². The molecule has 1 atom stereocenters. The van der Waals surface area contributed by atoms with Crippen molar-refractivity contribution in [3.8, 4) is 6.01 Å². The lowest BCUT2D eigenvalue weighted by atomic mass is 9.95. The number of aliphatic hydroxyl groups excluding tert-OH is 1. The van der Waals surface area contributed by atoms with E-state index in [0.717, 1.165) is 38.9 Å². The maximum absolute atomic E-state index is 9.11. The molecule has 2 heterocycles. The molecule has 0 saturated carbocycles. The summed E-state index contributed by atoms with van der Waals surface area (Å²) in [6, 6.07) is 0.364. The van der Waals surface area contributed by atoms with Crippen LogP contribution in [0.3, 0.4) is 0 Å². The molecule has 0 aromatic carbocycles. The number of nitrogens with zero attached hydrogens (tertiary/aromatic N) is 4. The van der Waals surface area contributed by atoms with Gasteiger partial charge in [-0.1, -0.05) is 0 Å². The van der Waals surface area contributed by atoms with Crippen LogP contribution in [0.4, 0.5) is 11.9 Å². The molecule has 7 nitrogen and oxygen atoms in total. The highest BCUT2D eigenvalue weighted by atomic mass is 16.5. The third kappa shape index (κ3) is 4.42. The third-order valence-electron chi connectivity index (χ3n) is 3.55. The van der Waals surface area contributed by atoms with E-state index in [1.807, 2.05) is 13.8 Å². The number of rotatable bonds is 7. The zero-order valence-electron chi connectivity index (χ0n) is 12.9. The van der Waals surface area contributed by atoms with E-state index in [2.05, 4.69) is 25.2 Å². The van der Waals surface area contributed by atoms with E-state index in [4.69, 9.17) is 9.84 Å². The third-order valence-corrected chi connectivity index (χ3v) is 3.55. The normalized spacial score (nSPS) is 18.6. The predicted octanol–water partition coefficient (Wildman–Crippen LogP) is 1.30. The van der Waals surface area contributed by atoms with Crippen molar-refractivity contribution in [1.82, 2.24) is 15.0 Å². The van der Waals surface area contributed by atoms with Gasteiger partial charge in [0.25, 0.3) is 0 Å². The minimum Gasteiger partial charge on any atom is -0.464 e. The topological polar surface area (TPSA) is 83.4 Å². The highest BCUT2D eigenvalue weighted by Crippen LogP contribution is 2.24. The number of piperidine rings is 1. The monoisotopic (exact) mass is 295 g/mol. The number of anilines is 2. The van der Waals surface area contributed by atoms with Gasteiger partial charge in [-0.25, -0.2) is 0 Å². The first kappa shape index (κ1) is 15.8. The van der Waals surface area contributed by atoms with Gasteiger partial charge in [0.05, 0.1) is 6.61 Å². The number of hydrogen-bond donors (Lipinski definition) is 2. The molecule has 7 heteroatoms. The second-order valence-corrected chi connectivity index (χ2v) is 5.17. The Hall–Kier alpha value is -1.63. The zero-order chi connectivity index (χ0) is 15.1. The molecular weight excluding hydrogens is 270 g/mol. The lowest BCUT2D eigenvalue weighted by Crippen LogP contribution is -2.37. The molecule has 1 aliphatic rings. The summed E-state index contributed by atoms with van der Waals surface area (Å²) in [6.07, 6.45) is 3.08. The van der Waals surface area contributed by atoms with Gasteiger partial charge in [-0.2, -0.15) is 15.0 Å². The van der Waals surface area contributed by atoms with Crippen LogP contribution in [0.1, 0.15) is 33.1 Å². The van der Waals surface area contributed by atoms with Crippen LogP contribution < -0.4 is 15.0 Å².